The number of nitrogens with two attached hydrogens (primary N) is 1. The lowest BCUT2D eigenvalue weighted by molar-refractivity contribution is -0.116. The van der Waals surface area contributed by atoms with Crippen molar-refractivity contribution in [1.82, 2.24) is 0 Å². The number of nitrogens with one attached hydrogen (secondary N) is 1. The highest BCUT2D eigenvalue weighted by Crippen LogP contribution is 2.19. The van der Waals surface area contributed by atoms with Crippen LogP contribution in [0.15, 0.2) is 18.2 Å². The van der Waals surface area contributed by atoms with Crippen molar-refractivity contribution in [2.24, 2.45) is 11.7 Å². The van der Waals surface area contributed by atoms with Crippen LogP contribution in [0.3, 0.4) is 0 Å². The van der Waals surface area contributed by atoms with Crippen LogP contribution in [0.4, 0.5) is 10.1 Å². The maximum absolute atomic E-state index is 12.9. The fourth-order valence-electron chi connectivity index (χ4n) is 1.60. The lowest BCUT2D eigenvalue weighted by Gasteiger charge is -2.10. The Morgan fingerprint density at radius 2 is 2.22 bits per heavy atom. The Morgan fingerprint density at radius 1 is 1.50 bits per heavy atom. The third-order valence-corrected chi connectivity index (χ3v) is 3.02. The second kappa shape index (κ2) is 7.34. The molecule has 1 amide bonds. The van der Waals surface area contributed by atoms with E-state index in [2.05, 4.69) is 12.2 Å². The summed E-state index contributed by atoms with van der Waals surface area (Å²) in [6.45, 7) is 2.70. The molecule has 3 N–H and O–H groups in total. The van der Waals surface area contributed by atoms with Crippen molar-refractivity contribution in [2.75, 3.05) is 11.9 Å². The van der Waals surface area contributed by atoms with Crippen LogP contribution in [0, 0.1) is 11.7 Å². The zero-order chi connectivity index (χ0) is 13.5. The van der Waals surface area contributed by atoms with Crippen molar-refractivity contribution in [3.63, 3.8) is 0 Å². The summed E-state index contributed by atoms with van der Waals surface area (Å²) < 4.78 is 12.9. The summed E-state index contributed by atoms with van der Waals surface area (Å²) in [6, 6.07) is 4.12. The van der Waals surface area contributed by atoms with Crippen LogP contribution in [0.2, 0.25) is 5.02 Å². The number of carbonyl (C=O) groups is 1. The average Bonchev–Trinajstić information content (AvgIpc) is 2.32. The summed E-state index contributed by atoms with van der Waals surface area (Å²) in [6.07, 6.45) is 2.13. The molecular formula is C13H18ClFN2O. The number of rotatable bonds is 6. The summed E-state index contributed by atoms with van der Waals surface area (Å²) in [5.74, 6) is -0.162. The summed E-state index contributed by atoms with van der Waals surface area (Å²) >= 11 is 5.63. The molecule has 3 nitrogen and oxygen atoms in total. The van der Waals surface area contributed by atoms with Crippen LogP contribution in [-0.2, 0) is 4.79 Å². The van der Waals surface area contributed by atoms with E-state index in [1.807, 2.05) is 0 Å². The minimum atomic E-state index is -0.494. The van der Waals surface area contributed by atoms with E-state index < -0.39 is 5.82 Å². The van der Waals surface area contributed by atoms with Gasteiger partial charge in [0.1, 0.15) is 5.82 Å². The van der Waals surface area contributed by atoms with Crippen LogP contribution >= 0.6 is 11.6 Å². The minimum Gasteiger partial charge on any atom is -0.330 e. The Kier molecular flexibility index (Phi) is 6.09. The van der Waals surface area contributed by atoms with Gasteiger partial charge in [-0.1, -0.05) is 18.5 Å². The molecule has 0 radical (unpaired) electrons. The maximum atomic E-state index is 12.9. The van der Waals surface area contributed by atoms with Gasteiger partial charge in [-0.25, -0.2) is 4.39 Å². The number of anilines is 1. The standard InChI is InChI=1S/C13H18ClFN2O/c1-9(6-7-16)2-5-13(18)17-10-3-4-12(15)11(14)8-10/h3-4,8-9H,2,5-7,16H2,1H3,(H,17,18). The molecule has 5 heteroatoms. The average molecular weight is 273 g/mol. The van der Waals surface area contributed by atoms with E-state index in [1.54, 1.807) is 0 Å². The van der Waals surface area contributed by atoms with E-state index in [0.29, 0.717) is 24.6 Å². The topological polar surface area (TPSA) is 55.1 Å². The molecule has 0 bridgehead atoms. The second-order valence-electron chi connectivity index (χ2n) is 4.40. The fourth-order valence-corrected chi connectivity index (χ4v) is 1.78. The molecule has 0 heterocycles. The van der Waals surface area contributed by atoms with Crippen molar-refractivity contribution in [3.05, 3.63) is 29.0 Å². The summed E-state index contributed by atoms with van der Waals surface area (Å²) in [5.41, 5.74) is 5.95. The SMILES string of the molecule is CC(CCN)CCC(=O)Nc1ccc(F)c(Cl)c1. The Bertz CT molecular complexity index is 412. The molecule has 0 aromatic heterocycles. The molecule has 18 heavy (non-hydrogen) atoms. The lowest BCUT2D eigenvalue weighted by atomic mass is 10.0. The van der Waals surface area contributed by atoms with Gasteiger partial charge in [0, 0.05) is 12.1 Å². The second-order valence-corrected chi connectivity index (χ2v) is 4.81. The first-order chi connectivity index (χ1) is 8.52. The molecule has 1 aromatic carbocycles. The highest BCUT2D eigenvalue weighted by Gasteiger charge is 2.08. The first-order valence-electron chi connectivity index (χ1n) is 5.98. The molecule has 100 valence electrons. The monoisotopic (exact) mass is 272 g/mol. The van der Waals surface area contributed by atoms with E-state index in [0.717, 1.165) is 12.8 Å². The molecule has 0 saturated heterocycles. The molecule has 1 aromatic rings. The van der Waals surface area contributed by atoms with Crippen LogP contribution in [0.25, 0.3) is 0 Å². The molecule has 1 unspecified atom stereocenters. The molecule has 0 fully saturated rings. The van der Waals surface area contributed by atoms with Gasteiger partial charge < -0.3 is 11.1 Å². The summed E-state index contributed by atoms with van der Waals surface area (Å²) in [5, 5.41) is 2.69. The minimum absolute atomic E-state index is 0.00398. The van der Waals surface area contributed by atoms with Gasteiger partial charge in [-0.15, -0.1) is 0 Å². The fraction of sp³-hybridized carbons (Fsp3) is 0.462. The Morgan fingerprint density at radius 3 is 2.83 bits per heavy atom. The lowest BCUT2D eigenvalue weighted by Crippen LogP contribution is -2.14. The number of carbonyl (C=O) groups excluding carboxylic acids is 1. The normalized spacial score (nSPS) is 12.2. The zero-order valence-corrected chi connectivity index (χ0v) is 11.1. The van der Waals surface area contributed by atoms with Gasteiger partial charge in [0.15, 0.2) is 0 Å². The molecule has 0 spiro atoms. The van der Waals surface area contributed by atoms with E-state index in [-0.39, 0.29) is 10.9 Å². The molecule has 0 aliphatic rings. The largest absolute Gasteiger partial charge is 0.330 e. The highest BCUT2D eigenvalue weighted by molar-refractivity contribution is 6.31. The molecule has 0 aliphatic heterocycles. The van der Waals surface area contributed by atoms with Gasteiger partial charge in [-0.3, -0.25) is 4.79 Å². The summed E-state index contributed by atoms with van der Waals surface area (Å²) in [4.78, 5) is 11.6. The number of halogens is 2. The van der Waals surface area contributed by atoms with Gasteiger partial charge in [0.05, 0.1) is 5.02 Å². The molecular weight excluding hydrogens is 255 g/mol. The van der Waals surface area contributed by atoms with Crippen molar-refractivity contribution < 1.29 is 9.18 Å². The molecule has 0 aliphatic carbocycles. The summed E-state index contributed by atoms with van der Waals surface area (Å²) in [7, 11) is 0. The van der Waals surface area contributed by atoms with Gasteiger partial charge in [0.25, 0.3) is 0 Å². The van der Waals surface area contributed by atoms with E-state index in [4.69, 9.17) is 17.3 Å². The molecule has 1 atom stereocenters. The van der Waals surface area contributed by atoms with Crippen LogP contribution in [0.5, 0.6) is 0 Å². The molecule has 1 rings (SSSR count). The Labute approximate surface area is 112 Å². The third-order valence-electron chi connectivity index (χ3n) is 2.73. The zero-order valence-electron chi connectivity index (χ0n) is 10.4. The smallest absolute Gasteiger partial charge is 0.224 e. The van der Waals surface area contributed by atoms with Crippen molar-refractivity contribution in [1.29, 1.82) is 0 Å². The van der Waals surface area contributed by atoms with E-state index in [1.165, 1.54) is 18.2 Å². The van der Waals surface area contributed by atoms with Gasteiger partial charge in [-0.2, -0.15) is 0 Å². The highest BCUT2D eigenvalue weighted by atomic mass is 35.5. The number of amides is 1. The van der Waals surface area contributed by atoms with E-state index in [9.17, 15) is 9.18 Å². The predicted octanol–water partition coefficient (Wildman–Crippen LogP) is 3.18. The number of hydrogen-bond acceptors (Lipinski definition) is 2. The van der Waals surface area contributed by atoms with Crippen LogP contribution < -0.4 is 11.1 Å². The maximum Gasteiger partial charge on any atom is 0.224 e. The Hall–Kier alpha value is -1.13. The first kappa shape index (κ1) is 14.9. The quantitative estimate of drug-likeness (QED) is 0.836. The van der Waals surface area contributed by atoms with Crippen LogP contribution in [0.1, 0.15) is 26.2 Å². The van der Waals surface area contributed by atoms with Crippen molar-refractivity contribution in [3.8, 4) is 0 Å². The third kappa shape index (κ3) is 5.02. The van der Waals surface area contributed by atoms with E-state index >= 15 is 0 Å². The predicted molar refractivity (Wildman–Crippen MR) is 72.1 cm³/mol. The van der Waals surface area contributed by atoms with Crippen molar-refractivity contribution >= 4 is 23.2 Å². The van der Waals surface area contributed by atoms with Crippen molar-refractivity contribution in [2.45, 2.75) is 26.2 Å². The van der Waals surface area contributed by atoms with Gasteiger partial charge in [-0.05, 0) is 43.5 Å². The number of benzene rings is 1. The molecule has 0 saturated carbocycles. The van der Waals surface area contributed by atoms with Gasteiger partial charge >= 0.3 is 0 Å². The van der Waals surface area contributed by atoms with Crippen LogP contribution in [-0.4, -0.2) is 12.5 Å². The Balaban J connectivity index is 2.42. The first-order valence-corrected chi connectivity index (χ1v) is 6.35. The van der Waals surface area contributed by atoms with Gasteiger partial charge in [0.2, 0.25) is 5.91 Å². The number of hydrogen-bond donors (Lipinski definition) is 2.